The second-order valence-corrected chi connectivity index (χ2v) is 6.86. The summed E-state index contributed by atoms with van der Waals surface area (Å²) in [5, 5.41) is 14.0. The van der Waals surface area contributed by atoms with Crippen LogP contribution in [0.4, 0.5) is 11.4 Å². The van der Waals surface area contributed by atoms with Crippen LogP contribution in [0.15, 0.2) is 72.8 Å². The van der Waals surface area contributed by atoms with Crippen LogP contribution in [0.5, 0.6) is 5.75 Å². The highest BCUT2D eigenvalue weighted by atomic mass is 35.5. The summed E-state index contributed by atoms with van der Waals surface area (Å²) in [6, 6.07) is 18.5. The third kappa shape index (κ3) is 5.21. The van der Waals surface area contributed by atoms with Crippen LogP contribution in [0.1, 0.15) is 27.6 Å². The van der Waals surface area contributed by atoms with Crippen LogP contribution in [-0.4, -0.2) is 22.7 Å². The van der Waals surface area contributed by atoms with E-state index < -0.39 is 16.9 Å². The molecular weight excluding hydrogens is 408 g/mol. The normalized spacial score (nSPS) is 11.4. The van der Waals surface area contributed by atoms with Crippen molar-refractivity contribution < 1.29 is 19.2 Å². The Morgan fingerprint density at radius 1 is 1.00 bits per heavy atom. The average Bonchev–Trinajstić information content (AvgIpc) is 2.73. The second kappa shape index (κ2) is 9.19. The second-order valence-electron chi connectivity index (χ2n) is 6.42. The number of nitrogens with one attached hydrogen (secondary N) is 1. The zero-order valence-electron chi connectivity index (χ0n) is 15.9. The molecule has 0 spiro atoms. The molecule has 8 heteroatoms. The molecule has 0 bridgehead atoms. The maximum absolute atomic E-state index is 12.5. The molecule has 0 aliphatic rings. The van der Waals surface area contributed by atoms with Crippen molar-refractivity contribution >= 4 is 34.7 Å². The molecule has 1 N–H and O–H groups in total. The molecular formula is C22H17ClN2O5. The maximum atomic E-state index is 12.5. The number of Topliss-reactive ketones (excluding diaryl/α,β-unsaturated/α-hetero) is 1. The lowest BCUT2D eigenvalue weighted by molar-refractivity contribution is -0.384. The molecule has 0 saturated carbocycles. The molecule has 152 valence electrons. The Morgan fingerprint density at radius 2 is 1.70 bits per heavy atom. The third-order valence-corrected chi connectivity index (χ3v) is 4.44. The van der Waals surface area contributed by atoms with Gasteiger partial charge in [0, 0.05) is 40.0 Å². The zero-order chi connectivity index (χ0) is 21.7. The fourth-order valence-corrected chi connectivity index (χ4v) is 2.94. The quantitative estimate of drug-likeness (QED) is 0.321. The monoisotopic (exact) mass is 424 g/mol. The van der Waals surface area contributed by atoms with Gasteiger partial charge in [0.1, 0.15) is 5.75 Å². The molecule has 0 radical (unpaired) electrons. The number of rotatable bonds is 7. The highest BCUT2D eigenvalue weighted by Gasteiger charge is 2.18. The summed E-state index contributed by atoms with van der Waals surface area (Å²) in [6.07, 6.45) is -0.772. The molecule has 0 aliphatic heterocycles. The summed E-state index contributed by atoms with van der Waals surface area (Å²) >= 11 is 5.93. The van der Waals surface area contributed by atoms with Crippen LogP contribution >= 0.6 is 11.6 Å². The van der Waals surface area contributed by atoms with E-state index in [1.807, 2.05) is 0 Å². The molecule has 30 heavy (non-hydrogen) atoms. The van der Waals surface area contributed by atoms with Crippen molar-refractivity contribution in [3.8, 4) is 5.75 Å². The highest BCUT2D eigenvalue weighted by molar-refractivity contribution is 6.31. The first kappa shape index (κ1) is 21.0. The summed E-state index contributed by atoms with van der Waals surface area (Å²) in [5.74, 6) is -0.350. The zero-order valence-corrected chi connectivity index (χ0v) is 16.6. The van der Waals surface area contributed by atoms with E-state index in [9.17, 15) is 19.7 Å². The van der Waals surface area contributed by atoms with Gasteiger partial charge in [-0.05, 0) is 37.3 Å². The number of carbonyl (C=O) groups is 2. The van der Waals surface area contributed by atoms with Gasteiger partial charge in [0.15, 0.2) is 6.10 Å². The number of nitro groups is 1. The summed E-state index contributed by atoms with van der Waals surface area (Å²) in [7, 11) is 0. The predicted molar refractivity (Wildman–Crippen MR) is 113 cm³/mol. The van der Waals surface area contributed by atoms with Crippen LogP contribution in [0.3, 0.4) is 0 Å². The Kier molecular flexibility index (Phi) is 6.44. The first-order chi connectivity index (χ1) is 14.3. The van der Waals surface area contributed by atoms with Crippen molar-refractivity contribution in [3.63, 3.8) is 0 Å². The van der Waals surface area contributed by atoms with Gasteiger partial charge in [0.05, 0.1) is 4.92 Å². The number of hydrogen-bond acceptors (Lipinski definition) is 5. The van der Waals surface area contributed by atoms with E-state index in [1.165, 1.54) is 24.3 Å². The summed E-state index contributed by atoms with van der Waals surface area (Å²) in [6.45, 7) is 1.62. The Labute approximate surface area is 177 Å². The van der Waals surface area contributed by atoms with E-state index in [2.05, 4.69) is 5.32 Å². The number of carbonyl (C=O) groups excluding carboxylic acids is 2. The number of non-ortho nitro benzene ring substituents is 1. The minimum Gasteiger partial charge on any atom is -0.482 e. The van der Waals surface area contributed by atoms with Crippen molar-refractivity contribution in [2.45, 2.75) is 13.0 Å². The number of ether oxygens (including phenoxy) is 1. The fraction of sp³-hybridized carbons (Fsp3) is 0.0909. The third-order valence-electron chi connectivity index (χ3n) is 4.20. The van der Waals surface area contributed by atoms with Gasteiger partial charge in [0.2, 0.25) is 5.78 Å². The van der Waals surface area contributed by atoms with E-state index in [0.717, 1.165) is 0 Å². The lowest BCUT2D eigenvalue weighted by Gasteiger charge is -2.15. The van der Waals surface area contributed by atoms with Crippen molar-refractivity contribution in [1.82, 2.24) is 0 Å². The van der Waals surface area contributed by atoms with Gasteiger partial charge in [-0.2, -0.15) is 0 Å². The van der Waals surface area contributed by atoms with Crippen LogP contribution in [0, 0.1) is 10.1 Å². The lowest BCUT2D eigenvalue weighted by Crippen LogP contribution is -2.24. The first-order valence-electron chi connectivity index (χ1n) is 8.96. The van der Waals surface area contributed by atoms with Gasteiger partial charge in [-0.1, -0.05) is 35.9 Å². The van der Waals surface area contributed by atoms with E-state index >= 15 is 0 Å². The number of ketones is 1. The van der Waals surface area contributed by atoms with Gasteiger partial charge in [-0.25, -0.2) is 0 Å². The van der Waals surface area contributed by atoms with Crippen LogP contribution < -0.4 is 10.1 Å². The maximum Gasteiger partial charge on any atom is 0.270 e. The number of nitro benzene ring substituents is 1. The van der Waals surface area contributed by atoms with Crippen molar-refractivity contribution in [1.29, 1.82) is 0 Å². The van der Waals surface area contributed by atoms with Crippen molar-refractivity contribution in [2.75, 3.05) is 5.32 Å². The number of hydrogen-bond donors (Lipinski definition) is 1. The van der Waals surface area contributed by atoms with Gasteiger partial charge in [-0.15, -0.1) is 0 Å². The number of anilines is 1. The van der Waals surface area contributed by atoms with Gasteiger partial charge >= 0.3 is 0 Å². The standard InChI is InChI=1S/C22H17ClN2O5/c1-14(21(26)15-5-2-7-17(23)11-15)30-20-10-4-8-18(13-20)24-22(27)16-6-3-9-19(12-16)25(28)29/h2-14H,1H3,(H,24,27)/t14-/m1/s1. The molecule has 0 aromatic heterocycles. The number of nitrogens with zero attached hydrogens (tertiary/aromatic N) is 1. The first-order valence-corrected chi connectivity index (χ1v) is 9.33. The molecule has 7 nitrogen and oxygen atoms in total. The van der Waals surface area contributed by atoms with Gasteiger partial charge in [0.25, 0.3) is 11.6 Å². The van der Waals surface area contributed by atoms with Crippen molar-refractivity contribution in [2.24, 2.45) is 0 Å². The topological polar surface area (TPSA) is 98.5 Å². The molecule has 0 unspecified atom stereocenters. The molecule has 3 aromatic carbocycles. The van der Waals surface area contributed by atoms with Gasteiger partial charge in [-0.3, -0.25) is 19.7 Å². The van der Waals surface area contributed by atoms with E-state index in [4.69, 9.17) is 16.3 Å². The molecule has 1 amide bonds. The number of halogens is 1. The van der Waals surface area contributed by atoms with Crippen LogP contribution in [-0.2, 0) is 0 Å². The Morgan fingerprint density at radius 3 is 2.43 bits per heavy atom. The minimum absolute atomic E-state index is 0.153. The predicted octanol–water partition coefficient (Wildman–Crippen LogP) is 5.15. The smallest absolute Gasteiger partial charge is 0.270 e. The molecule has 1 atom stereocenters. The number of amides is 1. The number of benzene rings is 3. The Balaban J connectivity index is 1.70. The lowest BCUT2D eigenvalue weighted by atomic mass is 10.1. The Hall–Kier alpha value is -3.71. The largest absolute Gasteiger partial charge is 0.482 e. The summed E-state index contributed by atoms with van der Waals surface area (Å²) < 4.78 is 5.72. The Bertz CT molecular complexity index is 1120. The van der Waals surface area contributed by atoms with E-state index in [0.29, 0.717) is 22.0 Å². The molecule has 0 aliphatic carbocycles. The van der Waals surface area contributed by atoms with Crippen LogP contribution in [0.25, 0.3) is 0 Å². The average molecular weight is 425 g/mol. The van der Waals surface area contributed by atoms with Crippen molar-refractivity contribution in [3.05, 3.63) is 99.1 Å². The van der Waals surface area contributed by atoms with E-state index in [-0.39, 0.29) is 17.0 Å². The molecule has 3 aromatic rings. The summed E-state index contributed by atoms with van der Waals surface area (Å²) in [4.78, 5) is 35.2. The SMILES string of the molecule is C[C@@H](Oc1cccc(NC(=O)c2cccc([N+](=O)[O-])c2)c1)C(=O)c1cccc(Cl)c1. The van der Waals surface area contributed by atoms with Gasteiger partial charge < -0.3 is 10.1 Å². The van der Waals surface area contributed by atoms with E-state index in [1.54, 1.807) is 55.5 Å². The molecule has 0 heterocycles. The minimum atomic E-state index is -0.772. The summed E-state index contributed by atoms with van der Waals surface area (Å²) in [5.41, 5.74) is 0.838. The molecule has 0 saturated heterocycles. The molecule has 3 rings (SSSR count). The fourth-order valence-electron chi connectivity index (χ4n) is 2.75. The molecule has 0 fully saturated rings. The van der Waals surface area contributed by atoms with Crippen LogP contribution in [0.2, 0.25) is 5.02 Å². The highest BCUT2D eigenvalue weighted by Crippen LogP contribution is 2.22.